The number of rotatable bonds is 3. The van der Waals surface area contributed by atoms with E-state index in [1.54, 1.807) is 0 Å². The molecule has 0 radical (unpaired) electrons. The van der Waals surface area contributed by atoms with Crippen LogP contribution in [-0.4, -0.2) is 18.1 Å². The largest absolute Gasteiger partial charge is 0.464 e. The number of aromatic nitrogens is 1. The summed E-state index contributed by atoms with van der Waals surface area (Å²) < 4.78 is 29.6. The van der Waals surface area contributed by atoms with Gasteiger partial charge in [0.25, 0.3) is 6.43 Å². The average Bonchev–Trinajstić information content (AvgIpc) is 2.26. The van der Waals surface area contributed by atoms with Gasteiger partial charge in [0.15, 0.2) is 0 Å². The number of pyridine rings is 1. The van der Waals surface area contributed by atoms with Crippen LogP contribution in [0.2, 0.25) is 5.15 Å². The van der Waals surface area contributed by atoms with E-state index in [1.165, 1.54) is 0 Å². The summed E-state index contributed by atoms with van der Waals surface area (Å²) >= 11 is 5.55. The molecule has 0 bridgehead atoms. The Hall–Kier alpha value is -1.27. The number of halogens is 3. The fourth-order valence-electron chi connectivity index (χ4n) is 1.18. The first kappa shape index (κ1) is 12.8. The minimum absolute atomic E-state index is 0.0791. The maximum absolute atomic E-state index is 12.6. The average molecular weight is 251 g/mol. The van der Waals surface area contributed by atoms with E-state index in [-0.39, 0.29) is 17.8 Å². The molecular weight excluding hydrogens is 242 g/mol. The highest BCUT2D eigenvalue weighted by Crippen LogP contribution is 2.29. The van der Waals surface area contributed by atoms with E-state index >= 15 is 0 Å². The number of hydrogen-bond donors (Lipinski definition) is 1. The highest BCUT2D eigenvalue weighted by molar-refractivity contribution is 6.30. The molecule has 0 unspecified atom stereocenters. The molecule has 0 saturated carbocycles. The first-order valence-corrected chi connectivity index (χ1v) is 4.64. The van der Waals surface area contributed by atoms with Crippen molar-refractivity contribution in [2.75, 3.05) is 7.11 Å². The SMILES string of the molecule is COC(=O)c1cc(CN)c(C(F)F)c(Cl)n1. The van der Waals surface area contributed by atoms with Crippen LogP contribution in [0.5, 0.6) is 0 Å². The standard InChI is InChI=1S/C9H9ClF2N2O2/c1-16-9(15)5-2-4(3-13)6(8(11)12)7(10)14-5/h2,8H,3,13H2,1H3. The van der Waals surface area contributed by atoms with Gasteiger partial charge in [0.2, 0.25) is 0 Å². The van der Waals surface area contributed by atoms with Gasteiger partial charge in [-0.15, -0.1) is 0 Å². The molecule has 0 aliphatic carbocycles. The Morgan fingerprint density at radius 2 is 2.31 bits per heavy atom. The molecule has 0 atom stereocenters. The molecule has 88 valence electrons. The Labute approximate surface area is 95.4 Å². The van der Waals surface area contributed by atoms with Crippen molar-refractivity contribution in [2.45, 2.75) is 13.0 Å². The number of carbonyl (C=O) groups is 1. The number of esters is 1. The van der Waals surface area contributed by atoms with E-state index in [0.717, 1.165) is 13.2 Å². The van der Waals surface area contributed by atoms with Crippen LogP contribution in [0.15, 0.2) is 6.07 Å². The van der Waals surface area contributed by atoms with Gasteiger partial charge in [0.1, 0.15) is 10.8 Å². The second-order valence-corrected chi connectivity index (χ2v) is 3.23. The van der Waals surface area contributed by atoms with Gasteiger partial charge in [-0.1, -0.05) is 11.6 Å². The molecule has 0 aliphatic rings. The minimum atomic E-state index is -2.79. The molecule has 1 heterocycles. The Morgan fingerprint density at radius 3 is 2.75 bits per heavy atom. The van der Waals surface area contributed by atoms with Gasteiger partial charge in [-0.25, -0.2) is 18.6 Å². The van der Waals surface area contributed by atoms with Crippen molar-refractivity contribution >= 4 is 17.6 Å². The van der Waals surface area contributed by atoms with Crippen molar-refractivity contribution in [3.8, 4) is 0 Å². The van der Waals surface area contributed by atoms with Crippen LogP contribution < -0.4 is 5.73 Å². The molecule has 2 N–H and O–H groups in total. The Bertz CT molecular complexity index is 413. The van der Waals surface area contributed by atoms with Crippen molar-refractivity contribution in [2.24, 2.45) is 5.73 Å². The fraction of sp³-hybridized carbons (Fsp3) is 0.333. The molecule has 0 aromatic carbocycles. The third kappa shape index (κ3) is 2.45. The summed E-state index contributed by atoms with van der Waals surface area (Å²) in [7, 11) is 1.15. The number of carbonyl (C=O) groups excluding carboxylic acids is 1. The fourth-order valence-corrected chi connectivity index (χ4v) is 1.48. The molecule has 4 nitrogen and oxygen atoms in total. The van der Waals surface area contributed by atoms with E-state index in [1.807, 2.05) is 0 Å². The van der Waals surface area contributed by atoms with E-state index in [2.05, 4.69) is 9.72 Å². The summed E-state index contributed by atoms with van der Waals surface area (Å²) in [6.45, 7) is -0.161. The van der Waals surface area contributed by atoms with E-state index in [4.69, 9.17) is 17.3 Å². The molecule has 1 rings (SSSR count). The van der Waals surface area contributed by atoms with Gasteiger partial charge >= 0.3 is 5.97 Å². The molecule has 0 aliphatic heterocycles. The summed E-state index contributed by atoms with van der Waals surface area (Å²) in [6, 6.07) is 1.15. The van der Waals surface area contributed by atoms with Gasteiger partial charge < -0.3 is 10.5 Å². The van der Waals surface area contributed by atoms with Crippen LogP contribution >= 0.6 is 11.6 Å². The van der Waals surface area contributed by atoms with E-state index in [0.29, 0.717) is 0 Å². The van der Waals surface area contributed by atoms with Crippen LogP contribution in [0.3, 0.4) is 0 Å². The quantitative estimate of drug-likeness (QED) is 0.657. The number of methoxy groups -OCH3 is 1. The highest BCUT2D eigenvalue weighted by Gasteiger charge is 2.21. The number of nitrogens with zero attached hydrogens (tertiary/aromatic N) is 1. The minimum Gasteiger partial charge on any atom is -0.464 e. The zero-order chi connectivity index (χ0) is 12.3. The van der Waals surface area contributed by atoms with Crippen LogP contribution in [-0.2, 0) is 11.3 Å². The Balaban J connectivity index is 3.32. The maximum Gasteiger partial charge on any atom is 0.356 e. The first-order chi connectivity index (χ1) is 7.51. The molecular formula is C9H9ClF2N2O2. The van der Waals surface area contributed by atoms with Gasteiger partial charge in [-0.05, 0) is 11.6 Å². The van der Waals surface area contributed by atoms with Crippen LogP contribution in [0, 0.1) is 0 Å². The first-order valence-electron chi connectivity index (χ1n) is 4.27. The molecule has 0 spiro atoms. The lowest BCUT2D eigenvalue weighted by Crippen LogP contribution is -2.10. The second-order valence-electron chi connectivity index (χ2n) is 2.87. The van der Waals surface area contributed by atoms with Crippen molar-refractivity contribution in [3.63, 3.8) is 0 Å². The Kier molecular flexibility index (Phi) is 4.14. The highest BCUT2D eigenvalue weighted by atomic mass is 35.5. The molecule has 0 amide bonds. The number of ether oxygens (including phenoxy) is 1. The molecule has 7 heteroatoms. The monoisotopic (exact) mass is 250 g/mol. The molecule has 0 saturated heterocycles. The summed E-state index contributed by atoms with van der Waals surface area (Å²) in [6.07, 6.45) is -2.79. The van der Waals surface area contributed by atoms with E-state index in [9.17, 15) is 13.6 Å². The normalized spacial score (nSPS) is 10.6. The predicted molar refractivity (Wildman–Crippen MR) is 53.4 cm³/mol. The van der Waals surface area contributed by atoms with Crippen molar-refractivity contribution in [3.05, 3.63) is 28.0 Å². The topological polar surface area (TPSA) is 65.2 Å². The summed E-state index contributed by atoms with van der Waals surface area (Å²) in [5, 5.41) is -0.432. The molecule has 1 aromatic heterocycles. The van der Waals surface area contributed by atoms with Crippen LogP contribution in [0.1, 0.15) is 28.0 Å². The lowest BCUT2D eigenvalue weighted by molar-refractivity contribution is 0.0593. The van der Waals surface area contributed by atoms with Crippen LogP contribution in [0.25, 0.3) is 0 Å². The molecule has 16 heavy (non-hydrogen) atoms. The van der Waals surface area contributed by atoms with Crippen molar-refractivity contribution in [1.29, 1.82) is 0 Å². The summed E-state index contributed by atoms with van der Waals surface area (Å²) in [4.78, 5) is 14.7. The third-order valence-electron chi connectivity index (χ3n) is 1.93. The van der Waals surface area contributed by atoms with Gasteiger partial charge in [-0.3, -0.25) is 0 Å². The van der Waals surface area contributed by atoms with E-state index < -0.39 is 23.1 Å². The molecule has 0 fully saturated rings. The molecule has 1 aromatic rings. The predicted octanol–water partition coefficient (Wildman–Crippen LogP) is 1.92. The lowest BCUT2D eigenvalue weighted by atomic mass is 10.1. The zero-order valence-corrected chi connectivity index (χ0v) is 9.09. The van der Waals surface area contributed by atoms with Gasteiger partial charge in [-0.2, -0.15) is 0 Å². The number of nitrogens with two attached hydrogens (primary N) is 1. The zero-order valence-electron chi connectivity index (χ0n) is 8.34. The lowest BCUT2D eigenvalue weighted by Gasteiger charge is -2.10. The maximum atomic E-state index is 12.6. The van der Waals surface area contributed by atoms with Gasteiger partial charge in [0.05, 0.1) is 12.7 Å². The smallest absolute Gasteiger partial charge is 0.356 e. The van der Waals surface area contributed by atoms with Crippen molar-refractivity contribution < 1.29 is 18.3 Å². The number of alkyl halides is 2. The van der Waals surface area contributed by atoms with Gasteiger partial charge in [0, 0.05) is 6.54 Å². The third-order valence-corrected chi connectivity index (χ3v) is 2.22. The van der Waals surface area contributed by atoms with Crippen LogP contribution in [0.4, 0.5) is 8.78 Å². The second kappa shape index (κ2) is 5.18. The Morgan fingerprint density at radius 1 is 1.69 bits per heavy atom. The summed E-state index contributed by atoms with van der Waals surface area (Å²) in [5.41, 5.74) is 4.79. The summed E-state index contributed by atoms with van der Waals surface area (Å²) in [5.74, 6) is -0.752. The van der Waals surface area contributed by atoms with Crippen molar-refractivity contribution in [1.82, 2.24) is 4.98 Å². The number of hydrogen-bond acceptors (Lipinski definition) is 4.